The summed E-state index contributed by atoms with van der Waals surface area (Å²) in [5.74, 6) is 0.854. The number of aromatic nitrogens is 1. The van der Waals surface area contributed by atoms with Crippen LogP contribution in [0.3, 0.4) is 0 Å². The van der Waals surface area contributed by atoms with Gasteiger partial charge < -0.3 is 11.1 Å². The molecule has 0 radical (unpaired) electrons. The molecule has 0 aliphatic heterocycles. The van der Waals surface area contributed by atoms with E-state index in [4.69, 9.17) is 5.73 Å². The van der Waals surface area contributed by atoms with E-state index in [-0.39, 0.29) is 11.9 Å². The molecule has 0 aliphatic carbocycles. The molecule has 17 heavy (non-hydrogen) atoms. The van der Waals surface area contributed by atoms with Crippen LogP contribution in [0.4, 0.5) is 0 Å². The first kappa shape index (κ1) is 14.0. The van der Waals surface area contributed by atoms with E-state index in [2.05, 4.69) is 10.3 Å². The van der Waals surface area contributed by atoms with Crippen molar-refractivity contribution < 1.29 is 4.79 Å². The zero-order chi connectivity index (χ0) is 12.5. The van der Waals surface area contributed by atoms with E-state index >= 15 is 0 Å². The molecule has 1 amide bonds. The van der Waals surface area contributed by atoms with Crippen LogP contribution in [0.15, 0.2) is 24.5 Å². The Balaban J connectivity index is 2.20. The number of hydrogen-bond acceptors (Lipinski definition) is 4. The van der Waals surface area contributed by atoms with E-state index < -0.39 is 0 Å². The fourth-order valence-electron chi connectivity index (χ4n) is 1.39. The normalized spacial score (nSPS) is 12.1. The molecule has 0 spiro atoms. The molecule has 0 saturated heterocycles. The third-order valence-electron chi connectivity index (χ3n) is 2.43. The molecule has 5 heteroatoms. The van der Waals surface area contributed by atoms with E-state index in [0.29, 0.717) is 6.54 Å². The van der Waals surface area contributed by atoms with Crippen LogP contribution in [-0.2, 0) is 11.2 Å². The van der Waals surface area contributed by atoms with Crippen LogP contribution in [0.5, 0.6) is 0 Å². The Morgan fingerprint density at radius 3 is 2.88 bits per heavy atom. The molecular weight excluding hydrogens is 234 g/mol. The van der Waals surface area contributed by atoms with Gasteiger partial charge in [0.05, 0.1) is 6.04 Å². The topological polar surface area (TPSA) is 68.0 Å². The van der Waals surface area contributed by atoms with Crippen LogP contribution in [0, 0.1) is 0 Å². The molecular formula is C12H19N3OS. The van der Waals surface area contributed by atoms with Gasteiger partial charge in [0.1, 0.15) is 0 Å². The maximum atomic E-state index is 11.6. The SMILES string of the molecule is CSCC[C@H](N)C(=O)NCCc1ccncc1. The smallest absolute Gasteiger partial charge is 0.236 e. The highest BCUT2D eigenvalue weighted by atomic mass is 32.2. The van der Waals surface area contributed by atoms with Crippen LogP contribution >= 0.6 is 11.8 Å². The average molecular weight is 253 g/mol. The van der Waals surface area contributed by atoms with Crippen molar-refractivity contribution in [3.8, 4) is 0 Å². The summed E-state index contributed by atoms with van der Waals surface area (Å²) < 4.78 is 0. The van der Waals surface area contributed by atoms with E-state index in [1.807, 2.05) is 18.4 Å². The highest BCUT2D eigenvalue weighted by Crippen LogP contribution is 1.99. The number of nitrogens with two attached hydrogens (primary N) is 1. The van der Waals surface area contributed by atoms with Crippen molar-refractivity contribution >= 4 is 17.7 Å². The Labute approximate surface area is 106 Å². The second-order valence-electron chi connectivity index (χ2n) is 3.78. The summed E-state index contributed by atoms with van der Waals surface area (Å²) in [6.45, 7) is 0.621. The van der Waals surface area contributed by atoms with Crippen LogP contribution in [0.1, 0.15) is 12.0 Å². The van der Waals surface area contributed by atoms with E-state index in [1.165, 1.54) is 0 Å². The molecule has 0 unspecified atom stereocenters. The van der Waals surface area contributed by atoms with Gasteiger partial charge in [0.2, 0.25) is 5.91 Å². The minimum atomic E-state index is -0.389. The monoisotopic (exact) mass is 253 g/mol. The van der Waals surface area contributed by atoms with Crippen molar-refractivity contribution in [3.05, 3.63) is 30.1 Å². The first-order chi connectivity index (χ1) is 8.24. The van der Waals surface area contributed by atoms with E-state index in [0.717, 1.165) is 24.2 Å². The quantitative estimate of drug-likeness (QED) is 0.755. The lowest BCUT2D eigenvalue weighted by Gasteiger charge is -2.11. The molecule has 1 rings (SSSR count). The molecule has 4 nitrogen and oxygen atoms in total. The van der Waals surface area contributed by atoms with Crippen molar-refractivity contribution in [3.63, 3.8) is 0 Å². The largest absolute Gasteiger partial charge is 0.354 e. The van der Waals surface area contributed by atoms with E-state index in [1.54, 1.807) is 24.2 Å². The van der Waals surface area contributed by atoms with Gasteiger partial charge in [-0.15, -0.1) is 0 Å². The predicted molar refractivity (Wildman–Crippen MR) is 71.9 cm³/mol. The number of amides is 1. The fraction of sp³-hybridized carbons (Fsp3) is 0.500. The molecule has 94 valence electrons. The van der Waals surface area contributed by atoms with Gasteiger partial charge in [-0.05, 0) is 42.5 Å². The Morgan fingerprint density at radius 1 is 1.53 bits per heavy atom. The number of thioether (sulfide) groups is 1. The second kappa shape index (κ2) is 8.08. The molecule has 1 atom stereocenters. The first-order valence-electron chi connectivity index (χ1n) is 5.65. The maximum absolute atomic E-state index is 11.6. The molecule has 0 bridgehead atoms. The number of rotatable bonds is 7. The van der Waals surface area contributed by atoms with Gasteiger partial charge in [-0.1, -0.05) is 0 Å². The first-order valence-corrected chi connectivity index (χ1v) is 7.04. The van der Waals surface area contributed by atoms with E-state index in [9.17, 15) is 4.79 Å². The number of nitrogens with zero attached hydrogens (tertiary/aromatic N) is 1. The van der Waals surface area contributed by atoms with Crippen molar-refractivity contribution in [2.75, 3.05) is 18.6 Å². The number of nitrogens with one attached hydrogen (secondary N) is 1. The van der Waals surface area contributed by atoms with Gasteiger partial charge in [0.15, 0.2) is 0 Å². The molecule has 0 fully saturated rings. The Morgan fingerprint density at radius 2 is 2.24 bits per heavy atom. The third kappa shape index (κ3) is 5.70. The van der Waals surface area contributed by atoms with Crippen LogP contribution < -0.4 is 11.1 Å². The van der Waals surface area contributed by atoms with Gasteiger partial charge in [-0.2, -0.15) is 11.8 Å². The average Bonchev–Trinajstić information content (AvgIpc) is 2.37. The van der Waals surface area contributed by atoms with Gasteiger partial charge in [0, 0.05) is 18.9 Å². The van der Waals surface area contributed by atoms with Crippen LogP contribution in [-0.4, -0.2) is 35.5 Å². The number of pyridine rings is 1. The summed E-state index contributed by atoms with van der Waals surface area (Å²) in [4.78, 5) is 15.5. The zero-order valence-electron chi connectivity index (χ0n) is 10.1. The molecule has 0 aromatic carbocycles. The molecule has 0 saturated carbocycles. The van der Waals surface area contributed by atoms with Crippen LogP contribution in [0.2, 0.25) is 0 Å². The van der Waals surface area contributed by atoms with Gasteiger partial charge in [-0.3, -0.25) is 9.78 Å². The fourth-order valence-corrected chi connectivity index (χ4v) is 1.88. The zero-order valence-corrected chi connectivity index (χ0v) is 10.9. The summed E-state index contributed by atoms with van der Waals surface area (Å²) in [6.07, 6.45) is 7.04. The molecule has 3 N–H and O–H groups in total. The minimum absolute atomic E-state index is 0.0619. The number of hydrogen-bond donors (Lipinski definition) is 2. The number of carbonyl (C=O) groups is 1. The number of carbonyl (C=O) groups excluding carboxylic acids is 1. The molecule has 0 aliphatic rings. The standard InChI is InChI=1S/C12H19N3OS/c1-17-9-5-11(13)12(16)15-8-4-10-2-6-14-7-3-10/h2-3,6-7,11H,4-5,8-9,13H2,1H3,(H,15,16)/t11-/m0/s1. The van der Waals surface area contributed by atoms with Crippen molar-refractivity contribution in [1.82, 2.24) is 10.3 Å². The summed E-state index contributed by atoms with van der Waals surface area (Å²) in [7, 11) is 0. The maximum Gasteiger partial charge on any atom is 0.236 e. The Hall–Kier alpha value is -1.07. The van der Waals surface area contributed by atoms with Crippen LogP contribution in [0.25, 0.3) is 0 Å². The third-order valence-corrected chi connectivity index (χ3v) is 3.08. The lowest BCUT2D eigenvalue weighted by atomic mass is 10.2. The van der Waals surface area contributed by atoms with Crippen molar-refractivity contribution in [2.45, 2.75) is 18.9 Å². The molecule has 1 heterocycles. The lowest BCUT2D eigenvalue weighted by molar-refractivity contribution is -0.122. The Bertz CT molecular complexity index is 332. The summed E-state index contributed by atoms with van der Waals surface area (Å²) in [5, 5.41) is 2.85. The Kier molecular flexibility index (Phi) is 6.65. The highest BCUT2D eigenvalue weighted by Gasteiger charge is 2.11. The van der Waals surface area contributed by atoms with Gasteiger partial charge >= 0.3 is 0 Å². The van der Waals surface area contributed by atoms with Gasteiger partial charge in [0.25, 0.3) is 0 Å². The summed E-state index contributed by atoms with van der Waals surface area (Å²) in [6, 6.07) is 3.50. The van der Waals surface area contributed by atoms with Crippen molar-refractivity contribution in [1.29, 1.82) is 0 Å². The molecule has 1 aromatic rings. The molecule has 1 aromatic heterocycles. The highest BCUT2D eigenvalue weighted by molar-refractivity contribution is 7.98. The summed E-state index contributed by atoms with van der Waals surface area (Å²) in [5.41, 5.74) is 6.91. The summed E-state index contributed by atoms with van der Waals surface area (Å²) >= 11 is 1.70. The van der Waals surface area contributed by atoms with Crippen molar-refractivity contribution in [2.24, 2.45) is 5.73 Å². The second-order valence-corrected chi connectivity index (χ2v) is 4.77. The lowest BCUT2D eigenvalue weighted by Crippen LogP contribution is -2.41. The van der Waals surface area contributed by atoms with Gasteiger partial charge in [-0.25, -0.2) is 0 Å². The predicted octanol–water partition coefficient (Wildman–Crippen LogP) is 0.821. The minimum Gasteiger partial charge on any atom is -0.354 e.